The van der Waals surface area contributed by atoms with Crippen molar-refractivity contribution in [2.24, 2.45) is 23.5 Å². The maximum absolute atomic E-state index is 14.0. The summed E-state index contributed by atoms with van der Waals surface area (Å²) in [7, 11) is 3.01. The van der Waals surface area contributed by atoms with E-state index in [-0.39, 0.29) is 16.8 Å². The number of esters is 1. The average molecular weight is 570 g/mol. The van der Waals surface area contributed by atoms with E-state index in [0.29, 0.717) is 12.8 Å². The van der Waals surface area contributed by atoms with E-state index in [9.17, 15) is 39.6 Å². The number of aliphatic hydroxyl groups is 3. The van der Waals surface area contributed by atoms with Gasteiger partial charge in [-0.1, -0.05) is 26.2 Å². The number of carbonyl (C=O) groups excluding carboxylic acids is 4. The first-order chi connectivity index (χ1) is 19.2. The van der Waals surface area contributed by atoms with Gasteiger partial charge in [-0.15, -0.1) is 0 Å². The van der Waals surface area contributed by atoms with Crippen LogP contribution in [0.5, 0.6) is 5.75 Å². The number of aromatic hydroxyl groups is 1. The van der Waals surface area contributed by atoms with E-state index in [1.165, 1.54) is 31.1 Å². The lowest BCUT2D eigenvalue weighted by Gasteiger charge is -2.54. The van der Waals surface area contributed by atoms with Gasteiger partial charge in [-0.05, 0) is 50.6 Å². The van der Waals surface area contributed by atoms with Crippen LogP contribution in [-0.4, -0.2) is 80.6 Å². The van der Waals surface area contributed by atoms with Gasteiger partial charge in [-0.2, -0.15) is 0 Å². The number of fused-ring (bicyclic) bond motifs is 3. The molecular formula is C29H35N3O9. The summed E-state index contributed by atoms with van der Waals surface area (Å²) in [5.74, 6) is -10.4. The number of ether oxygens (including phenoxy) is 1. The Morgan fingerprint density at radius 3 is 2.29 bits per heavy atom. The lowest BCUT2D eigenvalue weighted by Crippen LogP contribution is -2.69. The van der Waals surface area contributed by atoms with Gasteiger partial charge in [0, 0.05) is 17.2 Å². The van der Waals surface area contributed by atoms with Gasteiger partial charge in [-0.25, -0.2) is 0 Å². The van der Waals surface area contributed by atoms with Crippen LogP contribution in [-0.2, 0) is 19.1 Å². The molecule has 12 nitrogen and oxygen atoms in total. The van der Waals surface area contributed by atoms with E-state index in [0.717, 1.165) is 19.3 Å². The monoisotopic (exact) mass is 569 g/mol. The summed E-state index contributed by atoms with van der Waals surface area (Å²) in [4.78, 5) is 55.1. The van der Waals surface area contributed by atoms with E-state index in [1.807, 2.05) is 0 Å². The minimum absolute atomic E-state index is 0.179. The number of nitrogens with zero attached hydrogens (tertiary/aromatic N) is 1. The van der Waals surface area contributed by atoms with E-state index >= 15 is 0 Å². The van der Waals surface area contributed by atoms with Crippen molar-refractivity contribution in [3.05, 3.63) is 45.9 Å². The summed E-state index contributed by atoms with van der Waals surface area (Å²) in [6.45, 7) is 1.67. The van der Waals surface area contributed by atoms with Crippen LogP contribution in [0.15, 0.2) is 34.8 Å². The normalized spacial score (nSPS) is 32.0. The van der Waals surface area contributed by atoms with Crippen LogP contribution >= 0.6 is 0 Å². The quantitative estimate of drug-likeness (QED) is 0.132. The van der Waals surface area contributed by atoms with E-state index in [2.05, 4.69) is 0 Å². The highest BCUT2D eigenvalue weighted by molar-refractivity contribution is 6.25. The fourth-order valence-corrected chi connectivity index (χ4v) is 7.42. The minimum atomic E-state index is -2.97. The summed E-state index contributed by atoms with van der Waals surface area (Å²) in [6, 6.07) is 1.31. The molecule has 0 radical (unpaired) electrons. The molecule has 0 aromatic heterocycles. The zero-order chi connectivity index (χ0) is 30.1. The molecule has 4 aliphatic carbocycles. The second-order valence-electron chi connectivity index (χ2n) is 11.8. The molecule has 5 rings (SSSR count). The summed E-state index contributed by atoms with van der Waals surface area (Å²) in [5, 5.41) is 45.6. The lowest BCUT2D eigenvalue weighted by atomic mass is 9.55. The molecule has 1 aromatic rings. The fourth-order valence-electron chi connectivity index (χ4n) is 7.42. The number of nitrogen functional groups attached to an aromatic ring is 1. The highest BCUT2D eigenvalue weighted by Gasteiger charge is 2.68. The number of amides is 1. The predicted molar refractivity (Wildman–Crippen MR) is 145 cm³/mol. The molecule has 4 aliphatic rings. The second kappa shape index (κ2) is 9.88. The van der Waals surface area contributed by atoms with Gasteiger partial charge < -0.3 is 36.6 Å². The molecular weight excluding hydrogens is 534 g/mol. The molecule has 1 aromatic carbocycles. The molecule has 0 unspecified atom stereocenters. The lowest BCUT2D eigenvalue weighted by molar-refractivity contribution is -0.184. The molecule has 12 heteroatoms. The second-order valence-corrected chi connectivity index (χ2v) is 11.8. The Morgan fingerprint density at radius 1 is 1.07 bits per heavy atom. The number of benzene rings is 1. The number of likely N-dealkylation sites (N-methyl/N-ethyl adjacent to an activating group) is 1. The Bertz CT molecular complexity index is 1420. The number of carbonyl (C=O) groups is 4. The summed E-state index contributed by atoms with van der Waals surface area (Å²) in [5.41, 5.74) is 7.56. The molecule has 1 fully saturated rings. The summed E-state index contributed by atoms with van der Waals surface area (Å²) in [6.07, 6.45) is 2.30. The topological polar surface area (TPSA) is 214 Å². The number of phenols is 1. The van der Waals surface area contributed by atoms with Gasteiger partial charge in [0.1, 0.15) is 28.9 Å². The highest BCUT2D eigenvalue weighted by atomic mass is 16.5. The van der Waals surface area contributed by atoms with Crippen molar-refractivity contribution in [3.63, 3.8) is 0 Å². The molecule has 0 saturated heterocycles. The Kier molecular flexibility index (Phi) is 6.90. The first-order valence-corrected chi connectivity index (χ1v) is 13.7. The molecule has 8 N–H and O–H groups in total. The van der Waals surface area contributed by atoms with Crippen LogP contribution in [0.3, 0.4) is 0 Å². The van der Waals surface area contributed by atoms with E-state index < -0.39 is 93.3 Å². The maximum atomic E-state index is 14.0. The number of primary amides is 1. The zero-order valence-corrected chi connectivity index (χ0v) is 23.1. The molecule has 1 amide bonds. The van der Waals surface area contributed by atoms with Gasteiger partial charge in [-0.3, -0.25) is 24.1 Å². The first-order valence-electron chi connectivity index (χ1n) is 13.7. The highest BCUT2D eigenvalue weighted by Crippen LogP contribution is 2.57. The van der Waals surface area contributed by atoms with Crippen LogP contribution in [0, 0.1) is 17.8 Å². The number of anilines is 1. The molecule has 1 saturated carbocycles. The number of hydrogen-bond donors (Lipinski definition) is 6. The predicted octanol–water partition coefficient (Wildman–Crippen LogP) is 1.37. The van der Waals surface area contributed by atoms with Gasteiger partial charge in [0.25, 0.3) is 5.91 Å². The van der Waals surface area contributed by atoms with Crippen molar-refractivity contribution < 1.29 is 44.3 Å². The number of phenolic OH excluding ortho intramolecular Hbond substituents is 1. The third-order valence-corrected chi connectivity index (χ3v) is 9.31. The number of rotatable bonds is 4. The number of Topliss-reactive ketones (excluding diaryl/α,β-unsaturated/α-hetero) is 2. The van der Waals surface area contributed by atoms with Crippen LogP contribution in [0.25, 0.3) is 0 Å². The van der Waals surface area contributed by atoms with Crippen molar-refractivity contribution in [1.29, 1.82) is 0 Å². The molecule has 0 aliphatic heterocycles. The molecule has 41 heavy (non-hydrogen) atoms. The molecule has 6 atom stereocenters. The van der Waals surface area contributed by atoms with Crippen molar-refractivity contribution in [1.82, 2.24) is 4.90 Å². The SMILES string of the molecule is C[C@@H]1c2c(N)ccc(O)c2C(=O)C2=C(O)[C@]3(O)C(=O)C(C(N)=O)=C(O)[C@H](N(C)C)[C@H]3[C@@H](OC(=O)C3CCCCC3)[C@@H]21. The minimum Gasteiger partial charge on any atom is -0.510 e. The molecule has 0 bridgehead atoms. The van der Waals surface area contributed by atoms with Gasteiger partial charge in [0.15, 0.2) is 11.4 Å². The largest absolute Gasteiger partial charge is 0.510 e. The van der Waals surface area contributed by atoms with Crippen LogP contribution in [0.2, 0.25) is 0 Å². The Balaban J connectivity index is 1.80. The summed E-state index contributed by atoms with van der Waals surface area (Å²) < 4.78 is 6.13. The number of nitrogens with two attached hydrogens (primary N) is 2. The molecule has 220 valence electrons. The Labute approximate surface area is 236 Å². The van der Waals surface area contributed by atoms with Crippen LogP contribution < -0.4 is 11.5 Å². The summed E-state index contributed by atoms with van der Waals surface area (Å²) >= 11 is 0. The van der Waals surface area contributed by atoms with Crippen molar-refractivity contribution in [2.75, 3.05) is 19.8 Å². The average Bonchev–Trinajstić information content (AvgIpc) is 2.91. The van der Waals surface area contributed by atoms with Crippen LogP contribution in [0.4, 0.5) is 5.69 Å². The van der Waals surface area contributed by atoms with Crippen LogP contribution in [0.1, 0.15) is 60.9 Å². The van der Waals surface area contributed by atoms with E-state index in [1.54, 1.807) is 6.92 Å². The zero-order valence-electron chi connectivity index (χ0n) is 23.1. The standard InChI is InChI=1S/C29H35N3O9/c1-11-15-13(30)9-10-14(33)17(15)22(34)18-16(11)24(41-28(39)12-7-5-4-6-8-12)20-21(32(2)3)23(35)19(27(31)38)26(37)29(20,40)25(18)36/h9-12,16,20-21,24,33,35-36,40H,4-8,30H2,1-3H3,(H2,31,38)/t11-,16-,20+,21-,24+,29+/m1/s1. The fraction of sp³-hybridized carbons (Fsp3) is 0.517. The third-order valence-electron chi connectivity index (χ3n) is 9.31. The van der Waals surface area contributed by atoms with Crippen molar-refractivity contribution in [3.8, 4) is 5.75 Å². The Morgan fingerprint density at radius 2 is 1.71 bits per heavy atom. The van der Waals surface area contributed by atoms with Crippen molar-refractivity contribution in [2.45, 2.75) is 62.7 Å². The number of ketones is 2. The Hall–Kier alpha value is -3.90. The van der Waals surface area contributed by atoms with Crippen molar-refractivity contribution >= 4 is 29.1 Å². The van der Waals surface area contributed by atoms with Gasteiger partial charge in [0.2, 0.25) is 5.78 Å². The number of hydrogen-bond acceptors (Lipinski definition) is 11. The maximum Gasteiger partial charge on any atom is 0.309 e. The third kappa shape index (κ3) is 3.95. The molecule has 0 spiro atoms. The van der Waals surface area contributed by atoms with Gasteiger partial charge >= 0.3 is 5.97 Å². The first kappa shape index (κ1) is 28.6. The molecule has 0 heterocycles. The smallest absolute Gasteiger partial charge is 0.309 e. The van der Waals surface area contributed by atoms with Gasteiger partial charge in [0.05, 0.1) is 23.4 Å². The number of aliphatic hydroxyl groups excluding tert-OH is 2. The van der Waals surface area contributed by atoms with E-state index in [4.69, 9.17) is 16.2 Å².